The van der Waals surface area contributed by atoms with Crippen LogP contribution in [0.5, 0.6) is 0 Å². The van der Waals surface area contributed by atoms with Gasteiger partial charge in [0.25, 0.3) is 5.91 Å². The zero-order valence-electron chi connectivity index (χ0n) is 17.1. The summed E-state index contributed by atoms with van der Waals surface area (Å²) in [6, 6.07) is 4.08. The Morgan fingerprint density at radius 2 is 1.76 bits per heavy atom. The van der Waals surface area contributed by atoms with E-state index in [4.69, 9.17) is 0 Å². The Hall–Kier alpha value is -3.44. The number of carbonyl (C=O) groups is 1. The first-order valence-corrected chi connectivity index (χ1v) is 9.88. The van der Waals surface area contributed by atoms with Crippen LogP contribution < -0.4 is 5.32 Å². The molecule has 0 bridgehead atoms. The number of nitrogens with zero attached hydrogens (tertiary/aromatic N) is 4. The number of rotatable bonds is 3. The molecule has 0 radical (unpaired) electrons. The Kier molecular flexibility index (Phi) is 5.62. The highest BCUT2D eigenvalue weighted by atomic mass is 19.4. The van der Waals surface area contributed by atoms with Gasteiger partial charge in [-0.15, -0.1) is 0 Å². The molecule has 3 aromatic heterocycles. The maximum Gasteiger partial charge on any atom is 0.435 e. The molecular weight excluding hydrogens is 452 g/mol. The first-order valence-electron chi connectivity index (χ1n) is 9.88. The zero-order valence-corrected chi connectivity index (χ0v) is 17.1. The number of nitrogens with one attached hydrogen (secondary N) is 1. The molecule has 0 unspecified atom stereocenters. The molecule has 0 spiro atoms. The minimum absolute atomic E-state index is 0.254. The number of alkyl halides is 6. The molecule has 0 aliphatic heterocycles. The van der Waals surface area contributed by atoms with Gasteiger partial charge in [0.1, 0.15) is 11.4 Å². The molecule has 1 N–H and O–H groups in total. The highest BCUT2D eigenvalue weighted by Gasteiger charge is 2.36. The molecule has 0 saturated heterocycles. The van der Waals surface area contributed by atoms with Crippen LogP contribution in [0, 0.1) is 0 Å². The smallest absolute Gasteiger partial charge is 0.344 e. The topological polar surface area (TPSA) is 72.7 Å². The number of pyridine rings is 2. The quantitative estimate of drug-likeness (QED) is 0.564. The number of hydrogen-bond acceptors (Lipinski definition) is 4. The number of carbonyl (C=O) groups excluding carboxylic acids is 1. The molecule has 0 fully saturated rings. The number of aromatic nitrogens is 4. The first-order chi connectivity index (χ1) is 15.4. The lowest BCUT2D eigenvalue weighted by molar-refractivity contribution is -0.142. The number of halogens is 6. The van der Waals surface area contributed by atoms with E-state index in [0.717, 1.165) is 16.9 Å². The van der Waals surface area contributed by atoms with E-state index in [1.54, 1.807) is 6.07 Å². The van der Waals surface area contributed by atoms with E-state index in [1.807, 2.05) is 0 Å². The summed E-state index contributed by atoms with van der Waals surface area (Å²) < 4.78 is 78.7. The molecule has 3 heterocycles. The van der Waals surface area contributed by atoms with Crippen molar-refractivity contribution in [3.05, 3.63) is 65.0 Å². The summed E-state index contributed by atoms with van der Waals surface area (Å²) in [7, 11) is 1.24. The van der Waals surface area contributed by atoms with Crippen LogP contribution in [0.3, 0.4) is 0 Å². The molecule has 1 aliphatic carbocycles. The second-order valence-electron chi connectivity index (χ2n) is 7.64. The summed E-state index contributed by atoms with van der Waals surface area (Å²) in [5.74, 6) is -0.743. The van der Waals surface area contributed by atoms with Crippen LogP contribution in [0.15, 0.2) is 36.7 Å². The molecule has 33 heavy (non-hydrogen) atoms. The third-order valence-electron chi connectivity index (χ3n) is 5.38. The first kappa shape index (κ1) is 22.7. The van der Waals surface area contributed by atoms with E-state index in [-0.39, 0.29) is 11.3 Å². The minimum Gasteiger partial charge on any atom is -0.344 e. The summed E-state index contributed by atoms with van der Waals surface area (Å²) in [6.07, 6.45) is -5.00. The third kappa shape index (κ3) is 4.69. The molecule has 174 valence electrons. The summed E-state index contributed by atoms with van der Waals surface area (Å²) in [5, 5.41) is 6.05. The monoisotopic (exact) mass is 469 g/mol. The lowest BCUT2D eigenvalue weighted by atomic mass is 9.89. The zero-order chi connectivity index (χ0) is 24.0. The van der Waals surface area contributed by atoms with Gasteiger partial charge < -0.3 is 5.32 Å². The maximum absolute atomic E-state index is 13.0. The van der Waals surface area contributed by atoms with Gasteiger partial charge in [-0.05, 0) is 48.6 Å². The Morgan fingerprint density at radius 1 is 1.03 bits per heavy atom. The molecule has 3 aromatic rings. The van der Waals surface area contributed by atoms with Gasteiger partial charge in [-0.2, -0.15) is 31.4 Å². The van der Waals surface area contributed by atoms with Crippen molar-refractivity contribution in [2.24, 2.45) is 7.05 Å². The molecule has 1 aliphatic rings. The molecule has 0 aromatic carbocycles. The van der Waals surface area contributed by atoms with E-state index < -0.39 is 35.7 Å². The van der Waals surface area contributed by atoms with E-state index in [1.165, 1.54) is 19.3 Å². The molecule has 12 heteroatoms. The van der Waals surface area contributed by atoms with E-state index in [9.17, 15) is 31.1 Å². The molecule has 4 rings (SSSR count). The van der Waals surface area contributed by atoms with Crippen LogP contribution in [0.4, 0.5) is 26.3 Å². The lowest BCUT2D eigenvalue weighted by Crippen LogP contribution is -2.32. The Labute approximate surface area is 183 Å². The summed E-state index contributed by atoms with van der Waals surface area (Å²) in [5.41, 5.74) is -0.549. The Balaban J connectivity index is 1.63. The fourth-order valence-electron chi connectivity index (χ4n) is 3.77. The lowest BCUT2D eigenvalue weighted by Gasteiger charge is -2.26. The van der Waals surface area contributed by atoms with Crippen molar-refractivity contribution in [2.75, 3.05) is 0 Å². The average Bonchev–Trinajstić information content (AvgIpc) is 3.15. The standard InChI is InChI=1S/C21H17F6N5O/c1-32-16(9-18(31-32)21(25,26)27)19(33)30-15-4-2-3-14-13(15)7-12(10-29-14)11-5-6-28-17(8-11)20(22,23)24/h5-10,15H,2-4H2,1H3,(H,30,33)/t15-/m1/s1. The highest BCUT2D eigenvalue weighted by molar-refractivity contribution is 5.93. The highest BCUT2D eigenvalue weighted by Crippen LogP contribution is 2.34. The fourth-order valence-corrected chi connectivity index (χ4v) is 3.77. The molecule has 1 amide bonds. The van der Waals surface area contributed by atoms with Crippen molar-refractivity contribution in [3.8, 4) is 11.1 Å². The van der Waals surface area contributed by atoms with Crippen molar-refractivity contribution in [1.82, 2.24) is 25.1 Å². The van der Waals surface area contributed by atoms with Gasteiger partial charge in [0.15, 0.2) is 5.69 Å². The van der Waals surface area contributed by atoms with Gasteiger partial charge in [-0.25, -0.2) is 0 Å². The number of hydrogen-bond donors (Lipinski definition) is 1. The summed E-state index contributed by atoms with van der Waals surface area (Å²) >= 11 is 0. The van der Waals surface area contributed by atoms with Crippen molar-refractivity contribution in [3.63, 3.8) is 0 Å². The van der Waals surface area contributed by atoms with Crippen molar-refractivity contribution in [2.45, 2.75) is 37.7 Å². The summed E-state index contributed by atoms with van der Waals surface area (Å²) in [4.78, 5) is 20.4. The average molecular weight is 469 g/mol. The van der Waals surface area contributed by atoms with Crippen LogP contribution >= 0.6 is 0 Å². The number of amides is 1. The number of aryl methyl sites for hydroxylation is 2. The van der Waals surface area contributed by atoms with Gasteiger partial charge in [-0.1, -0.05) is 0 Å². The van der Waals surface area contributed by atoms with Gasteiger partial charge in [0, 0.05) is 36.8 Å². The van der Waals surface area contributed by atoms with Crippen LogP contribution in [0.2, 0.25) is 0 Å². The van der Waals surface area contributed by atoms with Gasteiger partial charge in [0.2, 0.25) is 0 Å². The van der Waals surface area contributed by atoms with E-state index >= 15 is 0 Å². The SMILES string of the molecule is Cn1nc(C(F)(F)F)cc1C(=O)N[C@@H]1CCCc2ncc(-c3ccnc(C(F)(F)F)c3)cc21. The van der Waals surface area contributed by atoms with Crippen LogP contribution in [0.1, 0.15) is 52.0 Å². The van der Waals surface area contributed by atoms with E-state index in [2.05, 4.69) is 20.4 Å². The maximum atomic E-state index is 13.0. The second-order valence-corrected chi connectivity index (χ2v) is 7.64. The fraction of sp³-hybridized carbons (Fsp3) is 0.333. The largest absolute Gasteiger partial charge is 0.435 e. The molecule has 0 saturated carbocycles. The van der Waals surface area contributed by atoms with Crippen LogP contribution in [-0.2, 0) is 25.8 Å². The van der Waals surface area contributed by atoms with Crippen LogP contribution in [-0.4, -0.2) is 25.7 Å². The van der Waals surface area contributed by atoms with Crippen molar-refractivity contribution in [1.29, 1.82) is 0 Å². The number of fused-ring (bicyclic) bond motifs is 1. The molecular formula is C21H17F6N5O. The van der Waals surface area contributed by atoms with Gasteiger partial charge in [-0.3, -0.25) is 19.4 Å². The second kappa shape index (κ2) is 8.16. The van der Waals surface area contributed by atoms with Crippen LogP contribution in [0.25, 0.3) is 11.1 Å². The summed E-state index contributed by atoms with van der Waals surface area (Å²) in [6.45, 7) is 0. The molecule has 6 nitrogen and oxygen atoms in total. The third-order valence-corrected chi connectivity index (χ3v) is 5.38. The Bertz CT molecular complexity index is 1200. The predicted octanol–water partition coefficient (Wildman–Crippen LogP) is 4.72. The van der Waals surface area contributed by atoms with Crippen molar-refractivity contribution >= 4 is 5.91 Å². The molecule has 1 atom stereocenters. The van der Waals surface area contributed by atoms with Crippen molar-refractivity contribution < 1.29 is 31.1 Å². The van der Waals surface area contributed by atoms with Gasteiger partial charge in [0.05, 0.1) is 6.04 Å². The van der Waals surface area contributed by atoms with E-state index in [0.29, 0.717) is 42.1 Å². The normalized spacial score (nSPS) is 16.4. The van der Waals surface area contributed by atoms with Gasteiger partial charge >= 0.3 is 12.4 Å². The predicted molar refractivity (Wildman–Crippen MR) is 104 cm³/mol. The minimum atomic E-state index is -4.69. The Morgan fingerprint density at radius 3 is 2.42 bits per heavy atom.